The minimum absolute atomic E-state index is 0.0337. The van der Waals surface area contributed by atoms with Crippen LogP contribution in [0.15, 0.2) is 0 Å². The van der Waals surface area contributed by atoms with Crippen LogP contribution in [-0.4, -0.2) is 29.2 Å². The molecule has 4 N–H and O–H groups in total. The Labute approximate surface area is 104 Å². The SMILES string of the molecule is CCC(N)(CC)C(=O)NCC1CCC(O)CC1. The third-order valence-corrected chi connectivity index (χ3v) is 4.08. The summed E-state index contributed by atoms with van der Waals surface area (Å²) in [6.07, 6.45) is 4.90. The quantitative estimate of drug-likeness (QED) is 0.677. The molecular weight excluding hydrogens is 216 g/mol. The molecule has 1 saturated carbocycles. The average Bonchev–Trinajstić information content (AvgIpc) is 2.36. The van der Waals surface area contributed by atoms with Crippen LogP contribution < -0.4 is 11.1 Å². The molecule has 0 bridgehead atoms. The van der Waals surface area contributed by atoms with E-state index in [1.54, 1.807) is 0 Å². The van der Waals surface area contributed by atoms with Crippen molar-refractivity contribution in [3.05, 3.63) is 0 Å². The molecule has 1 aliphatic rings. The van der Waals surface area contributed by atoms with E-state index < -0.39 is 5.54 Å². The second kappa shape index (κ2) is 6.36. The van der Waals surface area contributed by atoms with Crippen molar-refractivity contribution in [3.8, 4) is 0 Å². The Morgan fingerprint density at radius 3 is 2.29 bits per heavy atom. The average molecular weight is 242 g/mol. The molecular formula is C13H26N2O2. The van der Waals surface area contributed by atoms with Crippen LogP contribution in [0.25, 0.3) is 0 Å². The fourth-order valence-corrected chi connectivity index (χ4v) is 2.33. The summed E-state index contributed by atoms with van der Waals surface area (Å²) in [6.45, 7) is 4.59. The fraction of sp³-hybridized carbons (Fsp3) is 0.923. The van der Waals surface area contributed by atoms with Gasteiger partial charge in [-0.05, 0) is 44.4 Å². The van der Waals surface area contributed by atoms with Crippen molar-refractivity contribution < 1.29 is 9.90 Å². The van der Waals surface area contributed by atoms with Gasteiger partial charge in [-0.15, -0.1) is 0 Å². The highest BCUT2D eigenvalue weighted by Crippen LogP contribution is 2.23. The zero-order valence-corrected chi connectivity index (χ0v) is 11.0. The highest BCUT2D eigenvalue weighted by Gasteiger charge is 2.30. The maximum atomic E-state index is 11.9. The molecule has 0 spiro atoms. The number of hydrogen-bond donors (Lipinski definition) is 3. The van der Waals surface area contributed by atoms with Crippen LogP contribution in [0.1, 0.15) is 52.4 Å². The van der Waals surface area contributed by atoms with E-state index >= 15 is 0 Å². The summed E-state index contributed by atoms with van der Waals surface area (Å²) in [5.74, 6) is 0.467. The third kappa shape index (κ3) is 3.96. The first-order valence-electron chi connectivity index (χ1n) is 6.77. The summed E-state index contributed by atoms with van der Waals surface area (Å²) in [7, 11) is 0. The number of nitrogens with two attached hydrogens (primary N) is 1. The lowest BCUT2D eigenvalue weighted by Crippen LogP contribution is -2.54. The van der Waals surface area contributed by atoms with Gasteiger partial charge in [0.2, 0.25) is 5.91 Å². The first-order valence-corrected chi connectivity index (χ1v) is 6.77. The number of rotatable bonds is 5. The van der Waals surface area contributed by atoms with E-state index in [4.69, 9.17) is 5.73 Å². The van der Waals surface area contributed by atoms with Gasteiger partial charge < -0.3 is 16.2 Å². The van der Waals surface area contributed by atoms with Crippen molar-refractivity contribution in [2.24, 2.45) is 11.7 Å². The van der Waals surface area contributed by atoms with Gasteiger partial charge in [-0.1, -0.05) is 13.8 Å². The van der Waals surface area contributed by atoms with Crippen LogP contribution in [0.4, 0.5) is 0 Å². The zero-order chi connectivity index (χ0) is 12.9. The lowest BCUT2D eigenvalue weighted by molar-refractivity contribution is -0.126. The molecule has 0 atom stereocenters. The molecule has 0 heterocycles. The number of amides is 1. The summed E-state index contributed by atoms with van der Waals surface area (Å²) in [5.41, 5.74) is 5.31. The standard InChI is InChI=1S/C13H26N2O2/c1-3-13(14,4-2)12(17)15-9-10-5-7-11(16)8-6-10/h10-11,16H,3-9,14H2,1-2H3,(H,15,17). The predicted molar refractivity (Wildman–Crippen MR) is 68.5 cm³/mol. The number of aliphatic hydroxyl groups is 1. The van der Waals surface area contributed by atoms with Crippen LogP contribution in [0.2, 0.25) is 0 Å². The van der Waals surface area contributed by atoms with E-state index in [9.17, 15) is 9.90 Å². The molecule has 1 rings (SSSR count). The first kappa shape index (κ1) is 14.5. The van der Waals surface area contributed by atoms with E-state index in [1.165, 1.54) is 0 Å². The topological polar surface area (TPSA) is 75.4 Å². The summed E-state index contributed by atoms with van der Waals surface area (Å²) in [4.78, 5) is 11.9. The van der Waals surface area contributed by atoms with Crippen LogP contribution in [0.5, 0.6) is 0 Å². The van der Waals surface area contributed by atoms with Gasteiger partial charge in [0.05, 0.1) is 11.6 Å². The minimum Gasteiger partial charge on any atom is -0.393 e. The predicted octanol–water partition coefficient (Wildman–Crippen LogP) is 1.17. The largest absolute Gasteiger partial charge is 0.393 e. The van der Waals surface area contributed by atoms with Gasteiger partial charge in [-0.2, -0.15) is 0 Å². The molecule has 1 fully saturated rings. The van der Waals surface area contributed by atoms with Gasteiger partial charge in [0.25, 0.3) is 0 Å². The van der Waals surface area contributed by atoms with Crippen molar-refractivity contribution in [1.82, 2.24) is 5.32 Å². The lowest BCUT2D eigenvalue weighted by atomic mass is 9.87. The van der Waals surface area contributed by atoms with Crippen molar-refractivity contribution >= 4 is 5.91 Å². The van der Waals surface area contributed by atoms with Gasteiger partial charge >= 0.3 is 0 Å². The Hall–Kier alpha value is -0.610. The molecule has 0 aromatic carbocycles. The van der Waals surface area contributed by atoms with Crippen molar-refractivity contribution in [3.63, 3.8) is 0 Å². The smallest absolute Gasteiger partial charge is 0.240 e. The maximum Gasteiger partial charge on any atom is 0.240 e. The molecule has 1 amide bonds. The molecule has 0 aromatic heterocycles. The lowest BCUT2D eigenvalue weighted by Gasteiger charge is -2.29. The second-order valence-corrected chi connectivity index (χ2v) is 5.25. The van der Waals surface area contributed by atoms with Crippen molar-refractivity contribution in [1.29, 1.82) is 0 Å². The Kier molecular flexibility index (Phi) is 5.40. The Balaban J connectivity index is 2.33. The summed E-state index contributed by atoms with van der Waals surface area (Å²) < 4.78 is 0. The van der Waals surface area contributed by atoms with Crippen LogP contribution >= 0.6 is 0 Å². The summed E-state index contributed by atoms with van der Waals surface area (Å²) in [5, 5.41) is 12.4. The van der Waals surface area contributed by atoms with Crippen molar-refractivity contribution in [2.45, 2.75) is 64.0 Å². The maximum absolute atomic E-state index is 11.9. The molecule has 4 nitrogen and oxygen atoms in total. The molecule has 0 saturated heterocycles. The number of carbonyl (C=O) groups is 1. The summed E-state index contributed by atoms with van der Waals surface area (Å²) in [6, 6.07) is 0. The molecule has 1 aliphatic carbocycles. The van der Waals surface area contributed by atoms with E-state index in [1.807, 2.05) is 13.8 Å². The second-order valence-electron chi connectivity index (χ2n) is 5.25. The number of nitrogens with one attached hydrogen (secondary N) is 1. The van der Waals surface area contributed by atoms with Gasteiger partial charge in [-0.3, -0.25) is 4.79 Å². The van der Waals surface area contributed by atoms with Gasteiger partial charge in [0, 0.05) is 6.54 Å². The van der Waals surface area contributed by atoms with Crippen LogP contribution in [0.3, 0.4) is 0 Å². The number of hydrogen-bond acceptors (Lipinski definition) is 3. The summed E-state index contributed by atoms with van der Waals surface area (Å²) >= 11 is 0. The van der Waals surface area contributed by atoms with E-state index in [-0.39, 0.29) is 12.0 Å². The van der Waals surface area contributed by atoms with E-state index in [2.05, 4.69) is 5.32 Å². The van der Waals surface area contributed by atoms with Gasteiger partial charge in [0.1, 0.15) is 0 Å². The molecule has 0 aromatic rings. The Morgan fingerprint density at radius 2 is 1.82 bits per heavy atom. The molecule has 17 heavy (non-hydrogen) atoms. The van der Waals surface area contributed by atoms with Gasteiger partial charge in [-0.25, -0.2) is 0 Å². The van der Waals surface area contributed by atoms with Crippen molar-refractivity contribution in [2.75, 3.05) is 6.54 Å². The minimum atomic E-state index is -0.714. The van der Waals surface area contributed by atoms with E-state index in [0.717, 1.165) is 25.7 Å². The zero-order valence-electron chi connectivity index (χ0n) is 11.0. The number of aliphatic hydroxyl groups excluding tert-OH is 1. The van der Waals surface area contributed by atoms with Gasteiger partial charge in [0.15, 0.2) is 0 Å². The molecule has 0 unspecified atom stereocenters. The monoisotopic (exact) mass is 242 g/mol. The molecule has 4 heteroatoms. The molecule has 100 valence electrons. The molecule has 0 radical (unpaired) electrons. The fourth-order valence-electron chi connectivity index (χ4n) is 2.33. The van der Waals surface area contributed by atoms with Crippen LogP contribution in [0, 0.1) is 5.92 Å². The Bertz CT molecular complexity index is 244. The highest BCUT2D eigenvalue weighted by molar-refractivity contribution is 5.85. The molecule has 0 aliphatic heterocycles. The number of carbonyl (C=O) groups excluding carboxylic acids is 1. The Morgan fingerprint density at radius 1 is 1.29 bits per heavy atom. The third-order valence-electron chi connectivity index (χ3n) is 4.08. The normalized spacial score (nSPS) is 25.6. The van der Waals surface area contributed by atoms with Crippen LogP contribution in [-0.2, 0) is 4.79 Å². The highest BCUT2D eigenvalue weighted by atomic mass is 16.3. The first-order chi connectivity index (χ1) is 8.01. The van der Waals surface area contributed by atoms with E-state index in [0.29, 0.717) is 25.3 Å².